The van der Waals surface area contributed by atoms with Gasteiger partial charge in [-0.15, -0.1) is 0 Å². The molecule has 2 nitrogen and oxygen atoms in total. The van der Waals surface area contributed by atoms with Crippen LogP contribution in [0.4, 0.5) is 0 Å². The standard InChI is InChI=1S/C9H21BO2/c1-8(2,3)10(11-7)12-9(4,5)6/h1-7H3. The summed E-state index contributed by atoms with van der Waals surface area (Å²) < 4.78 is 11.0. The van der Waals surface area contributed by atoms with Crippen LogP contribution in [-0.2, 0) is 9.31 Å². The van der Waals surface area contributed by atoms with E-state index in [-0.39, 0.29) is 18.0 Å². The van der Waals surface area contributed by atoms with E-state index in [0.717, 1.165) is 0 Å². The quantitative estimate of drug-likeness (QED) is 0.596. The van der Waals surface area contributed by atoms with Crippen molar-refractivity contribution < 1.29 is 9.31 Å². The summed E-state index contributed by atoms with van der Waals surface area (Å²) in [5.41, 5.74) is -0.145. The molecule has 0 aliphatic rings. The molecule has 0 saturated carbocycles. The van der Waals surface area contributed by atoms with Gasteiger partial charge in [0.2, 0.25) is 0 Å². The van der Waals surface area contributed by atoms with Crippen LogP contribution in [-0.4, -0.2) is 19.8 Å². The van der Waals surface area contributed by atoms with E-state index >= 15 is 0 Å². The Hall–Kier alpha value is -0.0151. The molecule has 0 aromatic rings. The third-order valence-corrected chi connectivity index (χ3v) is 1.38. The number of hydrogen-bond donors (Lipinski definition) is 0. The van der Waals surface area contributed by atoms with Gasteiger partial charge in [0.1, 0.15) is 0 Å². The molecule has 0 N–H and O–H groups in total. The van der Waals surface area contributed by atoms with Gasteiger partial charge in [-0.1, -0.05) is 20.8 Å². The average molecular weight is 172 g/mol. The molecule has 0 radical (unpaired) electrons. The second-order valence-electron chi connectivity index (χ2n) is 5.16. The van der Waals surface area contributed by atoms with Gasteiger partial charge in [0.15, 0.2) is 0 Å². The maximum absolute atomic E-state index is 5.73. The largest absolute Gasteiger partial charge is 0.462 e. The molecule has 0 unspecified atom stereocenters. The lowest BCUT2D eigenvalue weighted by Gasteiger charge is -2.31. The van der Waals surface area contributed by atoms with Crippen LogP contribution in [0.5, 0.6) is 0 Å². The lowest BCUT2D eigenvalue weighted by Crippen LogP contribution is -2.39. The second-order valence-corrected chi connectivity index (χ2v) is 5.16. The van der Waals surface area contributed by atoms with Crippen molar-refractivity contribution in [3.05, 3.63) is 0 Å². The Morgan fingerprint density at radius 1 is 0.917 bits per heavy atom. The molecule has 0 aromatic carbocycles. The molecule has 0 amide bonds. The van der Waals surface area contributed by atoms with Crippen molar-refractivity contribution in [1.82, 2.24) is 0 Å². The molecule has 0 fully saturated rings. The maximum Gasteiger partial charge on any atom is 0.462 e. The highest BCUT2D eigenvalue weighted by Gasteiger charge is 2.36. The van der Waals surface area contributed by atoms with E-state index in [0.29, 0.717) is 0 Å². The lowest BCUT2D eigenvalue weighted by molar-refractivity contribution is 0.0813. The lowest BCUT2D eigenvalue weighted by atomic mass is 9.60. The Balaban J connectivity index is 4.20. The molecule has 0 atom stereocenters. The second kappa shape index (κ2) is 3.80. The Bertz CT molecular complexity index is 132. The van der Waals surface area contributed by atoms with E-state index in [1.165, 1.54) is 0 Å². The van der Waals surface area contributed by atoms with Crippen LogP contribution in [0.25, 0.3) is 0 Å². The minimum atomic E-state index is -0.145. The molecule has 0 rings (SSSR count). The Morgan fingerprint density at radius 3 is 1.42 bits per heavy atom. The van der Waals surface area contributed by atoms with E-state index < -0.39 is 0 Å². The SMILES string of the molecule is COB(OC(C)(C)C)C(C)(C)C. The van der Waals surface area contributed by atoms with Crippen LogP contribution in [0.2, 0.25) is 5.31 Å². The highest BCUT2D eigenvalue weighted by molar-refractivity contribution is 6.48. The van der Waals surface area contributed by atoms with Gasteiger partial charge in [0.05, 0.1) is 0 Å². The molecule has 0 bridgehead atoms. The normalized spacial score (nSPS) is 13.2. The van der Waals surface area contributed by atoms with Gasteiger partial charge in [0, 0.05) is 12.7 Å². The Labute approximate surface area is 76.8 Å². The summed E-state index contributed by atoms with van der Waals surface area (Å²) in [5.74, 6) is 0. The summed E-state index contributed by atoms with van der Waals surface area (Å²) in [6.45, 7) is 12.4. The Morgan fingerprint density at radius 2 is 1.33 bits per heavy atom. The predicted octanol–water partition coefficient (Wildman–Crippen LogP) is 2.74. The summed E-state index contributed by atoms with van der Waals surface area (Å²) in [6.07, 6.45) is 0. The van der Waals surface area contributed by atoms with Crippen LogP contribution < -0.4 is 0 Å². The average Bonchev–Trinajstić information content (AvgIpc) is 1.78. The third-order valence-electron chi connectivity index (χ3n) is 1.38. The van der Waals surface area contributed by atoms with Crippen LogP contribution in [0.1, 0.15) is 41.5 Å². The van der Waals surface area contributed by atoms with Gasteiger partial charge in [-0.3, -0.25) is 0 Å². The molecule has 0 aliphatic carbocycles. The Kier molecular flexibility index (Phi) is 3.79. The molecular formula is C9H21BO2. The molecule has 0 spiro atoms. The van der Waals surface area contributed by atoms with E-state index in [4.69, 9.17) is 9.31 Å². The minimum absolute atomic E-state index is 0.0298. The summed E-state index contributed by atoms with van der Waals surface area (Å²) in [4.78, 5) is 0. The van der Waals surface area contributed by atoms with Crippen LogP contribution >= 0.6 is 0 Å². The summed E-state index contributed by atoms with van der Waals surface area (Å²) in [6, 6.07) is 0. The maximum atomic E-state index is 5.73. The first-order valence-corrected chi connectivity index (χ1v) is 4.37. The van der Waals surface area contributed by atoms with Gasteiger partial charge < -0.3 is 9.31 Å². The third kappa shape index (κ3) is 4.78. The van der Waals surface area contributed by atoms with Crippen molar-refractivity contribution in [2.75, 3.05) is 7.11 Å². The molecule has 0 saturated heterocycles. The van der Waals surface area contributed by atoms with Crippen molar-refractivity contribution in [2.24, 2.45) is 0 Å². The zero-order valence-electron chi connectivity index (χ0n) is 9.39. The fourth-order valence-electron chi connectivity index (χ4n) is 0.900. The monoisotopic (exact) mass is 172 g/mol. The first-order chi connectivity index (χ1) is 5.17. The van der Waals surface area contributed by atoms with Crippen molar-refractivity contribution in [2.45, 2.75) is 52.5 Å². The zero-order chi connectivity index (χ0) is 9.99. The molecule has 3 heteroatoms. The summed E-state index contributed by atoms with van der Waals surface area (Å²) in [7, 11) is 1.54. The number of rotatable bonds is 2. The molecule has 0 aliphatic heterocycles. The van der Waals surface area contributed by atoms with Gasteiger partial charge >= 0.3 is 7.12 Å². The number of hydrogen-bond acceptors (Lipinski definition) is 2. The van der Waals surface area contributed by atoms with Crippen LogP contribution in [0, 0.1) is 0 Å². The van der Waals surface area contributed by atoms with Crippen LogP contribution in [0.15, 0.2) is 0 Å². The van der Waals surface area contributed by atoms with Crippen LogP contribution in [0.3, 0.4) is 0 Å². The van der Waals surface area contributed by atoms with Crippen molar-refractivity contribution in [1.29, 1.82) is 0 Å². The van der Waals surface area contributed by atoms with Crippen molar-refractivity contribution in [3.8, 4) is 0 Å². The molecule has 0 aromatic heterocycles. The predicted molar refractivity (Wildman–Crippen MR) is 53.3 cm³/mol. The smallest absolute Gasteiger partial charge is 0.414 e. The molecule has 12 heavy (non-hydrogen) atoms. The van der Waals surface area contributed by atoms with Gasteiger partial charge in [-0.2, -0.15) is 0 Å². The summed E-state index contributed by atoms with van der Waals surface area (Å²) in [5, 5.41) is 0.0298. The first kappa shape index (κ1) is 12.0. The molecule has 72 valence electrons. The van der Waals surface area contributed by atoms with E-state index in [2.05, 4.69) is 20.8 Å². The zero-order valence-corrected chi connectivity index (χ0v) is 9.39. The van der Waals surface area contributed by atoms with Crippen molar-refractivity contribution in [3.63, 3.8) is 0 Å². The summed E-state index contributed by atoms with van der Waals surface area (Å²) >= 11 is 0. The minimum Gasteiger partial charge on any atom is -0.414 e. The van der Waals surface area contributed by atoms with Gasteiger partial charge in [-0.05, 0) is 26.1 Å². The fraction of sp³-hybridized carbons (Fsp3) is 1.00. The van der Waals surface area contributed by atoms with E-state index in [1.54, 1.807) is 7.11 Å². The highest BCUT2D eigenvalue weighted by atomic mass is 16.6. The topological polar surface area (TPSA) is 18.5 Å². The molecular weight excluding hydrogens is 151 g/mol. The van der Waals surface area contributed by atoms with Gasteiger partial charge in [-0.25, -0.2) is 0 Å². The van der Waals surface area contributed by atoms with Gasteiger partial charge in [0.25, 0.3) is 0 Å². The van der Waals surface area contributed by atoms with E-state index in [9.17, 15) is 0 Å². The fourth-order valence-corrected chi connectivity index (χ4v) is 0.900. The van der Waals surface area contributed by atoms with Crippen molar-refractivity contribution >= 4 is 7.12 Å². The van der Waals surface area contributed by atoms with E-state index in [1.807, 2.05) is 20.8 Å². The first-order valence-electron chi connectivity index (χ1n) is 4.37. The molecule has 0 heterocycles. The highest BCUT2D eigenvalue weighted by Crippen LogP contribution is 2.30.